The van der Waals surface area contributed by atoms with Crippen molar-refractivity contribution >= 4 is 17.5 Å². The van der Waals surface area contributed by atoms with E-state index in [4.69, 9.17) is 0 Å². The highest BCUT2D eigenvalue weighted by Gasteiger charge is 2.32. The third-order valence-corrected chi connectivity index (χ3v) is 5.23. The molecule has 0 aliphatic carbocycles. The molecule has 0 aliphatic rings. The van der Waals surface area contributed by atoms with Crippen LogP contribution < -0.4 is 15.4 Å². The molecule has 0 spiro atoms. The first-order valence-electron chi connectivity index (χ1n) is 10.8. The van der Waals surface area contributed by atoms with Gasteiger partial charge in [-0.15, -0.1) is 13.2 Å². The Labute approximate surface area is 203 Å². The Hall–Kier alpha value is -3.54. The molecule has 12 heteroatoms. The second-order valence-electron chi connectivity index (χ2n) is 8.37. The van der Waals surface area contributed by atoms with Crippen molar-refractivity contribution < 1.29 is 36.2 Å². The summed E-state index contributed by atoms with van der Waals surface area (Å²) in [6, 6.07) is 9.25. The molecule has 0 bridgehead atoms. The van der Waals surface area contributed by atoms with Crippen LogP contribution in [0.4, 0.5) is 43.8 Å². The molecule has 0 unspecified atom stereocenters. The number of aliphatic hydroxyl groups is 1. The zero-order valence-electron chi connectivity index (χ0n) is 19.5. The molecule has 0 fully saturated rings. The Morgan fingerprint density at radius 1 is 0.972 bits per heavy atom. The van der Waals surface area contributed by atoms with E-state index >= 15 is 0 Å². The summed E-state index contributed by atoms with van der Waals surface area (Å²) in [6.45, 7) is 5.06. The lowest BCUT2D eigenvalue weighted by Crippen LogP contribution is -2.30. The summed E-state index contributed by atoms with van der Waals surface area (Å²) in [6.07, 6.45) is -9.45. The minimum absolute atomic E-state index is 0.0227. The molecule has 1 heterocycles. The third-order valence-electron chi connectivity index (χ3n) is 5.23. The number of ether oxygens (including phenoxy) is 1. The zero-order chi connectivity index (χ0) is 26.7. The van der Waals surface area contributed by atoms with Crippen LogP contribution in [-0.2, 0) is 6.18 Å². The zero-order valence-corrected chi connectivity index (χ0v) is 19.5. The predicted molar refractivity (Wildman–Crippen MR) is 123 cm³/mol. The number of halogens is 6. The number of anilines is 3. The van der Waals surface area contributed by atoms with Gasteiger partial charge in [-0.2, -0.15) is 18.2 Å². The fourth-order valence-corrected chi connectivity index (χ4v) is 3.24. The molecule has 0 amide bonds. The summed E-state index contributed by atoms with van der Waals surface area (Å²) in [5.74, 6) is -0.387. The van der Waals surface area contributed by atoms with Crippen molar-refractivity contribution in [1.82, 2.24) is 9.97 Å². The summed E-state index contributed by atoms with van der Waals surface area (Å²) >= 11 is 0. The normalized spacial score (nSPS) is 13.0. The van der Waals surface area contributed by atoms with Gasteiger partial charge in [0.1, 0.15) is 11.6 Å². The van der Waals surface area contributed by atoms with E-state index in [1.165, 1.54) is 24.3 Å². The van der Waals surface area contributed by atoms with E-state index in [1.54, 1.807) is 6.92 Å². The number of alkyl halides is 6. The molecule has 36 heavy (non-hydrogen) atoms. The third kappa shape index (κ3) is 7.23. The molecule has 0 saturated heterocycles. The number of rotatable bonds is 8. The van der Waals surface area contributed by atoms with Crippen LogP contribution in [0.2, 0.25) is 0 Å². The number of hydrogen-bond donors (Lipinski definition) is 3. The van der Waals surface area contributed by atoms with E-state index in [1.807, 2.05) is 13.8 Å². The topological polar surface area (TPSA) is 79.3 Å². The van der Waals surface area contributed by atoms with Crippen molar-refractivity contribution in [1.29, 1.82) is 0 Å². The molecule has 2 aromatic carbocycles. The molecule has 1 atom stereocenters. The highest BCUT2D eigenvalue weighted by molar-refractivity contribution is 5.69. The van der Waals surface area contributed by atoms with E-state index in [9.17, 15) is 31.4 Å². The van der Waals surface area contributed by atoms with E-state index in [0.29, 0.717) is 5.56 Å². The maximum atomic E-state index is 13.2. The molecule has 194 valence electrons. The van der Waals surface area contributed by atoms with Gasteiger partial charge in [0.05, 0.1) is 23.9 Å². The number of aromatic nitrogens is 2. The number of aliphatic hydroxyl groups excluding tert-OH is 1. The van der Waals surface area contributed by atoms with Gasteiger partial charge < -0.3 is 20.5 Å². The molecular formula is C24H24F6N4O2. The van der Waals surface area contributed by atoms with Crippen LogP contribution >= 0.6 is 0 Å². The first-order valence-corrected chi connectivity index (χ1v) is 10.8. The molecule has 3 N–H and O–H groups in total. The van der Waals surface area contributed by atoms with Gasteiger partial charge in [-0.25, -0.2) is 4.98 Å². The predicted octanol–water partition coefficient (Wildman–Crippen LogP) is 6.54. The second kappa shape index (κ2) is 10.6. The van der Waals surface area contributed by atoms with Gasteiger partial charge in [-0.1, -0.05) is 32.0 Å². The van der Waals surface area contributed by atoms with Gasteiger partial charge in [-0.05, 0) is 42.7 Å². The van der Waals surface area contributed by atoms with E-state index in [-0.39, 0.29) is 41.2 Å². The molecule has 1 aromatic heterocycles. The number of hydrogen-bond acceptors (Lipinski definition) is 6. The Bertz CT molecular complexity index is 1200. The molecule has 0 aliphatic heterocycles. The van der Waals surface area contributed by atoms with Crippen LogP contribution in [0.15, 0.2) is 48.5 Å². The number of nitrogens with zero attached hydrogens (tertiary/aromatic N) is 2. The number of aryl methyl sites for hydroxylation is 1. The summed E-state index contributed by atoms with van der Waals surface area (Å²) in [7, 11) is 0. The number of nitrogens with one attached hydrogen (secondary N) is 2. The Balaban J connectivity index is 2.06. The van der Waals surface area contributed by atoms with Crippen molar-refractivity contribution in [2.75, 3.05) is 17.2 Å². The van der Waals surface area contributed by atoms with Crippen LogP contribution in [0.25, 0.3) is 11.3 Å². The average Bonchev–Trinajstić information content (AvgIpc) is 2.77. The van der Waals surface area contributed by atoms with E-state index in [0.717, 1.165) is 24.3 Å². The lowest BCUT2D eigenvalue weighted by molar-refractivity contribution is -0.274. The van der Waals surface area contributed by atoms with Crippen LogP contribution in [0.5, 0.6) is 5.75 Å². The monoisotopic (exact) mass is 514 g/mol. The van der Waals surface area contributed by atoms with Crippen molar-refractivity contribution in [2.45, 2.75) is 39.4 Å². The van der Waals surface area contributed by atoms with Crippen LogP contribution in [0, 0.1) is 12.8 Å². The minimum Gasteiger partial charge on any atom is -0.406 e. The molecule has 0 radical (unpaired) electrons. The highest BCUT2D eigenvalue weighted by Crippen LogP contribution is 2.34. The Kier molecular flexibility index (Phi) is 7.97. The lowest BCUT2D eigenvalue weighted by Gasteiger charge is -2.21. The fraction of sp³-hybridized carbons (Fsp3) is 0.333. The summed E-state index contributed by atoms with van der Waals surface area (Å²) in [5.41, 5.74) is 0.204. The van der Waals surface area contributed by atoms with E-state index in [2.05, 4.69) is 25.3 Å². The van der Waals surface area contributed by atoms with Gasteiger partial charge >= 0.3 is 12.5 Å². The second-order valence-corrected chi connectivity index (χ2v) is 8.37. The molecule has 3 aromatic rings. The highest BCUT2D eigenvalue weighted by atomic mass is 19.4. The summed E-state index contributed by atoms with van der Waals surface area (Å²) in [5, 5.41) is 15.5. The maximum absolute atomic E-state index is 13.2. The first kappa shape index (κ1) is 27.1. The Morgan fingerprint density at radius 2 is 1.69 bits per heavy atom. The van der Waals surface area contributed by atoms with Gasteiger partial charge in [0.2, 0.25) is 5.95 Å². The standard InChI is InChI=1S/C24H24F6N4O2/c1-13(2)20(12-35)33-22-32-19(15-5-4-6-17(9-15)36-24(28,29)30)11-21(34-22)31-18-10-16(23(25,26)27)8-7-14(18)3/h4-11,13,20,35H,12H2,1-3H3,(H2,31,32,33,34)/t20-/m0/s1. The van der Waals surface area contributed by atoms with Gasteiger partial charge in [-0.3, -0.25) is 0 Å². The fourth-order valence-electron chi connectivity index (χ4n) is 3.24. The van der Waals surface area contributed by atoms with Gasteiger partial charge in [0.25, 0.3) is 0 Å². The largest absolute Gasteiger partial charge is 0.573 e. The minimum atomic E-state index is -4.89. The lowest BCUT2D eigenvalue weighted by atomic mass is 10.1. The van der Waals surface area contributed by atoms with Crippen molar-refractivity contribution in [2.24, 2.45) is 5.92 Å². The van der Waals surface area contributed by atoms with Gasteiger partial charge in [0.15, 0.2) is 0 Å². The summed E-state index contributed by atoms with van der Waals surface area (Å²) in [4.78, 5) is 8.64. The maximum Gasteiger partial charge on any atom is 0.573 e. The average molecular weight is 514 g/mol. The van der Waals surface area contributed by atoms with Crippen molar-refractivity contribution in [3.63, 3.8) is 0 Å². The molecule has 6 nitrogen and oxygen atoms in total. The van der Waals surface area contributed by atoms with Crippen molar-refractivity contribution in [3.8, 4) is 17.0 Å². The van der Waals surface area contributed by atoms with E-state index < -0.39 is 29.9 Å². The first-order chi connectivity index (χ1) is 16.7. The SMILES string of the molecule is Cc1ccc(C(F)(F)F)cc1Nc1cc(-c2cccc(OC(F)(F)F)c2)nc(N[C@@H](CO)C(C)C)n1. The van der Waals surface area contributed by atoms with Crippen LogP contribution in [-0.4, -0.2) is 34.1 Å². The Morgan fingerprint density at radius 3 is 2.31 bits per heavy atom. The van der Waals surface area contributed by atoms with Crippen LogP contribution in [0.3, 0.4) is 0 Å². The van der Waals surface area contributed by atoms with Gasteiger partial charge in [0, 0.05) is 17.3 Å². The quantitative estimate of drug-likeness (QED) is 0.296. The summed E-state index contributed by atoms with van der Waals surface area (Å²) < 4.78 is 81.7. The smallest absolute Gasteiger partial charge is 0.406 e. The molecular weight excluding hydrogens is 490 g/mol. The molecule has 3 rings (SSSR count). The number of benzene rings is 2. The molecule has 0 saturated carbocycles. The van der Waals surface area contributed by atoms with Crippen LogP contribution in [0.1, 0.15) is 25.0 Å². The van der Waals surface area contributed by atoms with Crippen molar-refractivity contribution in [3.05, 3.63) is 59.7 Å².